The molecule has 0 aliphatic carbocycles. The van der Waals surface area contributed by atoms with Crippen LogP contribution in [0.1, 0.15) is 24.0 Å². The van der Waals surface area contributed by atoms with Gasteiger partial charge in [0, 0.05) is 25.5 Å². The number of hydrogen-bond donors (Lipinski definition) is 3. The van der Waals surface area contributed by atoms with Gasteiger partial charge >= 0.3 is 0 Å². The molecule has 6 nitrogen and oxygen atoms in total. The molecule has 3 amide bonds. The Morgan fingerprint density at radius 3 is 2.27 bits per heavy atom. The lowest BCUT2D eigenvalue weighted by atomic mass is 10.0. The number of carbonyl (C=O) groups is 3. The molecule has 30 heavy (non-hydrogen) atoms. The lowest BCUT2D eigenvalue weighted by molar-refractivity contribution is -0.129. The molecule has 152 valence electrons. The SMILES string of the molecule is O=C(/C=C/c1cccc2ccccc12)NNC(=O)CCC(=O)NCc1ccccc1. The summed E-state index contributed by atoms with van der Waals surface area (Å²) in [6.45, 7) is 0.414. The fraction of sp³-hybridized carbons (Fsp3) is 0.125. The number of hydrazine groups is 1. The van der Waals surface area contributed by atoms with Gasteiger partial charge in [0.1, 0.15) is 0 Å². The van der Waals surface area contributed by atoms with E-state index in [0.717, 1.165) is 21.9 Å². The van der Waals surface area contributed by atoms with Gasteiger partial charge in [0.05, 0.1) is 0 Å². The van der Waals surface area contributed by atoms with Crippen LogP contribution in [-0.4, -0.2) is 17.7 Å². The zero-order valence-electron chi connectivity index (χ0n) is 16.4. The molecule has 0 radical (unpaired) electrons. The average Bonchev–Trinajstić information content (AvgIpc) is 2.79. The maximum absolute atomic E-state index is 12.0. The third-order valence-electron chi connectivity index (χ3n) is 4.47. The number of rotatable bonds is 7. The van der Waals surface area contributed by atoms with Crippen LogP contribution in [0.5, 0.6) is 0 Å². The van der Waals surface area contributed by atoms with E-state index in [4.69, 9.17) is 0 Å². The van der Waals surface area contributed by atoms with Gasteiger partial charge in [0.15, 0.2) is 0 Å². The van der Waals surface area contributed by atoms with E-state index >= 15 is 0 Å². The molecule has 0 saturated carbocycles. The van der Waals surface area contributed by atoms with Crippen LogP contribution in [0.25, 0.3) is 16.8 Å². The van der Waals surface area contributed by atoms with Crippen molar-refractivity contribution in [2.45, 2.75) is 19.4 Å². The van der Waals surface area contributed by atoms with Crippen molar-refractivity contribution in [1.29, 1.82) is 0 Å². The number of amides is 3. The molecule has 0 fully saturated rings. The molecule has 0 aliphatic rings. The molecule has 0 spiro atoms. The second-order valence-electron chi connectivity index (χ2n) is 6.70. The monoisotopic (exact) mass is 401 g/mol. The Kier molecular flexibility index (Phi) is 7.33. The van der Waals surface area contributed by atoms with Crippen LogP contribution in [-0.2, 0) is 20.9 Å². The van der Waals surface area contributed by atoms with E-state index in [2.05, 4.69) is 16.2 Å². The zero-order valence-corrected chi connectivity index (χ0v) is 16.4. The molecule has 0 atom stereocenters. The van der Waals surface area contributed by atoms with Gasteiger partial charge in [0.25, 0.3) is 5.91 Å². The van der Waals surface area contributed by atoms with Crippen LogP contribution >= 0.6 is 0 Å². The average molecular weight is 401 g/mol. The minimum Gasteiger partial charge on any atom is -0.352 e. The first-order valence-electron chi connectivity index (χ1n) is 9.67. The molecular weight excluding hydrogens is 378 g/mol. The topological polar surface area (TPSA) is 87.3 Å². The molecule has 0 bridgehead atoms. The Bertz CT molecular complexity index is 1060. The number of nitrogens with one attached hydrogen (secondary N) is 3. The molecule has 0 saturated heterocycles. The number of benzene rings is 3. The van der Waals surface area contributed by atoms with E-state index in [1.807, 2.05) is 72.8 Å². The first-order chi connectivity index (χ1) is 14.6. The van der Waals surface area contributed by atoms with Crippen LogP contribution in [0.2, 0.25) is 0 Å². The van der Waals surface area contributed by atoms with Gasteiger partial charge in [-0.15, -0.1) is 0 Å². The van der Waals surface area contributed by atoms with Gasteiger partial charge in [-0.2, -0.15) is 0 Å². The molecule has 0 heterocycles. The Balaban J connectivity index is 1.39. The fourth-order valence-corrected chi connectivity index (χ4v) is 2.91. The van der Waals surface area contributed by atoms with Crippen molar-refractivity contribution in [1.82, 2.24) is 16.2 Å². The molecule has 0 aromatic heterocycles. The number of fused-ring (bicyclic) bond motifs is 1. The molecule has 3 N–H and O–H groups in total. The third kappa shape index (κ3) is 6.31. The highest BCUT2D eigenvalue weighted by molar-refractivity contribution is 5.97. The van der Waals surface area contributed by atoms with Crippen LogP contribution in [0, 0.1) is 0 Å². The lowest BCUT2D eigenvalue weighted by Gasteiger charge is -2.07. The van der Waals surface area contributed by atoms with E-state index in [0.29, 0.717) is 6.54 Å². The van der Waals surface area contributed by atoms with Gasteiger partial charge in [-0.05, 0) is 28.0 Å². The molecule has 3 aromatic carbocycles. The summed E-state index contributed by atoms with van der Waals surface area (Å²) < 4.78 is 0. The van der Waals surface area contributed by atoms with Crippen LogP contribution in [0.15, 0.2) is 78.9 Å². The van der Waals surface area contributed by atoms with Gasteiger partial charge in [-0.25, -0.2) is 0 Å². The van der Waals surface area contributed by atoms with Crippen LogP contribution < -0.4 is 16.2 Å². The van der Waals surface area contributed by atoms with Crippen molar-refractivity contribution in [3.63, 3.8) is 0 Å². The summed E-state index contributed by atoms with van der Waals surface area (Å²) in [6.07, 6.45) is 3.07. The molecule has 3 aromatic rings. The largest absolute Gasteiger partial charge is 0.352 e. The van der Waals surface area contributed by atoms with Crippen molar-refractivity contribution in [3.8, 4) is 0 Å². The number of carbonyl (C=O) groups excluding carboxylic acids is 3. The van der Waals surface area contributed by atoms with Gasteiger partial charge in [-0.1, -0.05) is 72.8 Å². The fourth-order valence-electron chi connectivity index (χ4n) is 2.91. The second-order valence-corrected chi connectivity index (χ2v) is 6.70. The van der Waals surface area contributed by atoms with E-state index in [1.165, 1.54) is 6.08 Å². The minimum absolute atomic E-state index is 0.0199. The van der Waals surface area contributed by atoms with E-state index in [1.54, 1.807) is 6.08 Å². The molecule has 6 heteroatoms. The Morgan fingerprint density at radius 1 is 0.733 bits per heavy atom. The van der Waals surface area contributed by atoms with Crippen LogP contribution in [0.3, 0.4) is 0 Å². The summed E-state index contributed by atoms with van der Waals surface area (Å²) in [4.78, 5) is 35.6. The van der Waals surface area contributed by atoms with E-state index in [-0.39, 0.29) is 18.7 Å². The maximum Gasteiger partial charge on any atom is 0.262 e. The molecule has 0 aliphatic heterocycles. The second kappa shape index (κ2) is 10.6. The van der Waals surface area contributed by atoms with Crippen LogP contribution in [0.4, 0.5) is 0 Å². The van der Waals surface area contributed by atoms with Crippen molar-refractivity contribution >= 4 is 34.6 Å². The smallest absolute Gasteiger partial charge is 0.262 e. The summed E-state index contributed by atoms with van der Waals surface area (Å²) in [5, 5.41) is 4.87. The molecule has 0 unspecified atom stereocenters. The Hall–Kier alpha value is -3.93. The Labute approximate surface area is 175 Å². The normalized spacial score (nSPS) is 10.7. The van der Waals surface area contributed by atoms with Crippen molar-refractivity contribution in [2.75, 3.05) is 0 Å². The summed E-state index contributed by atoms with van der Waals surface area (Å²) in [5.74, 6) is -1.11. The summed E-state index contributed by atoms with van der Waals surface area (Å²) in [6, 6.07) is 23.2. The maximum atomic E-state index is 12.0. The highest BCUT2D eigenvalue weighted by Gasteiger charge is 2.07. The highest BCUT2D eigenvalue weighted by atomic mass is 16.2. The van der Waals surface area contributed by atoms with Gasteiger partial charge < -0.3 is 5.32 Å². The quantitative estimate of drug-likeness (QED) is 0.420. The molecular formula is C24H23N3O3. The number of hydrogen-bond acceptors (Lipinski definition) is 3. The summed E-state index contributed by atoms with van der Waals surface area (Å²) in [5.41, 5.74) is 6.53. The lowest BCUT2D eigenvalue weighted by Crippen LogP contribution is -2.41. The Morgan fingerprint density at radius 2 is 1.43 bits per heavy atom. The molecule has 3 rings (SSSR count). The third-order valence-corrected chi connectivity index (χ3v) is 4.47. The van der Waals surface area contributed by atoms with Gasteiger partial charge in [-0.3, -0.25) is 25.2 Å². The first kappa shape index (κ1) is 20.8. The van der Waals surface area contributed by atoms with Crippen molar-refractivity contribution in [2.24, 2.45) is 0 Å². The summed E-state index contributed by atoms with van der Waals surface area (Å²) >= 11 is 0. The standard InChI is InChI=1S/C24H23N3O3/c28-22(25-17-18-7-2-1-3-8-18)15-16-24(30)27-26-23(29)14-13-20-11-6-10-19-9-4-5-12-21(19)20/h1-14H,15-17H2,(H,25,28)(H,26,29)(H,27,30)/b14-13+. The summed E-state index contributed by atoms with van der Waals surface area (Å²) in [7, 11) is 0. The first-order valence-corrected chi connectivity index (χ1v) is 9.67. The van der Waals surface area contributed by atoms with E-state index < -0.39 is 11.8 Å². The highest BCUT2D eigenvalue weighted by Crippen LogP contribution is 2.19. The predicted molar refractivity (Wildman–Crippen MR) is 117 cm³/mol. The van der Waals surface area contributed by atoms with Crippen molar-refractivity contribution in [3.05, 3.63) is 90.0 Å². The predicted octanol–water partition coefficient (Wildman–Crippen LogP) is 3.10. The zero-order chi connectivity index (χ0) is 21.2. The van der Waals surface area contributed by atoms with Gasteiger partial charge in [0.2, 0.25) is 11.8 Å². The minimum atomic E-state index is -0.454. The van der Waals surface area contributed by atoms with E-state index in [9.17, 15) is 14.4 Å². The van der Waals surface area contributed by atoms with Crippen molar-refractivity contribution < 1.29 is 14.4 Å².